The molecule has 0 saturated heterocycles. The van der Waals surface area contributed by atoms with Crippen LogP contribution in [-0.4, -0.2) is 0 Å². The van der Waals surface area contributed by atoms with E-state index in [1.54, 1.807) is 0 Å². The first kappa shape index (κ1) is 14.0. The van der Waals surface area contributed by atoms with E-state index in [0.717, 1.165) is 24.3 Å². The lowest BCUT2D eigenvalue weighted by Crippen LogP contribution is -2.15. The van der Waals surface area contributed by atoms with Gasteiger partial charge in [-0.1, -0.05) is 6.07 Å². The van der Waals surface area contributed by atoms with Gasteiger partial charge in [0.1, 0.15) is 11.6 Å². The third-order valence-electron chi connectivity index (χ3n) is 2.69. The Labute approximate surface area is 115 Å². The topological polar surface area (TPSA) is 26.0 Å². The molecule has 100 valence electrons. The van der Waals surface area contributed by atoms with Gasteiger partial charge in [-0.25, -0.2) is 17.6 Å². The maximum absolute atomic E-state index is 13.6. The second-order valence-corrected chi connectivity index (χ2v) is 4.70. The van der Waals surface area contributed by atoms with Gasteiger partial charge in [-0.15, -0.1) is 0 Å². The van der Waals surface area contributed by atoms with Crippen LogP contribution in [0.4, 0.5) is 17.6 Å². The van der Waals surface area contributed by atoms with E-state index in [0.29, 0.717) is 0 Å². The zero-order valence-corrected chi connectivity index (χ0v) is 11.0. The van der Waals surface area contributed by atoms with Crippen LogP contribution in [0.5, 0.6) is 0 Å². The van der Waals surface area contributed by atoms with Gasteiger partial charge < -0.3 is 5.73 Å². The smallest absolute Gasteiger partial charge is 0.173 e. The third kappa shape index (κ3) is 2.64. The second kappa shape index (κ2) is 5.30. The van der Waals surface area contributed by atoms with Gasteiger partial charge in [0.05, 0.1) is 10.5 Å². The molecule has 0 radical (unpaired) electrons. The average molecular weight is 334 g/mol. The molecule has 0 amide bonds. The molecule has 1 unspecified atom stereocenters. The van der Waals surface area contributed by atoms with E-state index in [9.17, 15) is 17.6 Å². The molecule has 2 N–H and O–H groups in total. The molecule has 0 spiro atoms. The highest BCUT2D eigenvalue weighted by Crippen LogP contribution is 2.31. The Hall–Kier alpha value is -1.40. The highest BCUT2D eigenvalue weighted by Gasteiger charge is 2.20. The van der Waals surface area contributed by atoms with Crippen molar-refractivity contribution in [2.45, 2.75) is 6.04 Å². The first-order chi connectivity index (χ1) is 8.91. The van der Waals surface area contributed by atoms with Crippen molar-refractivity contribution in [3.63, 3.8) is 0 Å². The summed E-state index contributed by atoms with van der Waals surface area (Å²) in [5.41, 5.74) is 5.78. The Kier molecular flexibility index (Phi) is 3.91. The Bertz CT molecular complexity index is 630. The first-order valence-electron chi connectivity index (χ1n) is 5.25. The molecule has 1 atom stereocenters. The average Bonchev–Trinajstić information content (AvgIpc) is 2.38. The van der Waals surface area contributed by atoms with Gasteiger partial charge in [0.15, 0.2) is 11.6 Å². The molecule has 19 heavy (non-hydrogen) atoms. The molecular formula is C13H8BrF4N. The van der Waals surface area contributed by atoms with E-state index in [4.69, 9.17) is 5.73 Å². The van der Waals surface area contributed by atoms with Gasteiger partial charge in [-0.05, 0) is 45.8 Å². The molecule has 0 aromatic heterocycles. The Balaban J connectivity index is 2.53. The van der Waals surface area contributed by atoms with E-state index in [-0.39, 0.29) is 15.6 Å². The van der Waals surface area contributed by atoms with E-state index in [1.807, 2.05) is 0 Å². The molecule has 6 heteroatoms. The van der Waals surface area contributed by atoms with E-state index >= 15 is 0 Å². The van der Waals surface area contributed by atoms with Gasteiger partial charge in [-0.2, -0.15) is 0 Å². The lowest BCUT2D eigenvalue weighted by molar-refractivity contribution is 0.500. The molecule has 0 fully saturated rings. The van der Waals surface area contributed by atoms with Crippen molar-refractivity contribution in [2.24, 2.45) is 5.73 Å². The molecule has 2 aromatic carbocycles. The van der Waals surface area contributed by atoms with Crippen molar-refractivity contribution < 1.29 is 17.6 Å². The van der Waals surface area contributed by atoms with Gasteiger partial charge in [0, 0.05) is 5.56 Å². The van der Waals surface area contributed by atoms with Crippen LogP contribution in [-0.2, 0) is 0 Å². The summed E-state index contributed by atoms with van der Waals surface area (Å²) < 4.78 is 52.9. The molecule has 0 aliphatic heterocycles. The Morgan fingerprint density at radius 3 is 2.21 bits per heavy atom. The molecular weight excluding hydrogens is 326 g/mol. The number of rotatable bonds is 2. The van der Waals surface area contributed by atoms with Crippen LogP contribution in [0, 0.1) is 23.3 Å². The van der Waals surface area contributed by atoms with Crippen LogP contribution < -0.4 is 5.73 Å². The highest BCUT2D eigenvalue weighted by molar-refractivity contribution is 9.10. The molecule has 0 aliphatic rings. The number of halogens is 5. The minimum absolute atomic E-state index is 0.128. The number of hydrogen-bond donors (Lipinski definition) is 1. The third-order valence-corrected chi connectivity index (χ3v) is 3.50. The van der Waals surface area contributed by atoms with Crippen LogP contribution in [0.15, 0.2) is 34.8 Å². The van der Waals surface area contributed by atoms with Gasteiger partial charge in [0.25, 0.3) is 0 Å². The van der Waals surface area contributed by atoms with Crippen LogP contribution in [0.2, 0.25) is 0 Å². The fourth-order valence-corrected chi connectivity index (χ4v) is 2.27. The normalized spacial score (nSPS) is 12.5. The maximum Gasteiger partial charge on any atom is 0.173 e. The largest absolute Gasteiger partial charge is 0.320 e. The molecule has 0 saturated carbocycles. The standard InChI is InChI=1S/C13H8BrF4N/c14-11-7(2-4-10(17)12(11)18)13(19)8-5-6(15)1-3-9(8)16/h1-5,13H,19H2. The summed E-state index contributed by atoms with van der Waals surface area (Å²) >= 11 is 2.86. The summed E-state index contributed by atoms with van der Waals surface area (Å²) in [4.78, 5) is 0. The van der Waals surface area contributed by atoms with Crippen molar-refractivity contribution in [3.8, 4) is 0 Å². The van der Waals surface area contributed by atoms with Crippen LogP contribution in [0.1, 0.15) is 17.2 Å². The van der Waals surface area contributed by atoms with E-state index in [1.165, 1.54) is 6.07 Å². The molecule has 0 bridgehead atoms. The number of nitrogens with two attached hydrogens (primary N) is 1. The summed E-state index contributed by atoms with van der Waals surface area (Å²) in [6.07, 6.45) is 0. The zero-order valence-electron chi connectivity index (χ0n) is 9.43. The predicted molar refractivity (Wildman–Crippen MR) is 66.4 cm³/mol. The fourth-order valence-electron chi connectivity index (χ4n) is 1.70. The summed E-state index contributed by atoms with van der Waals surface area (Å²) in [5.74, 6) is -3.55. The Morgan fingerprint density at radius 2 is 1.53 bits per heavy atom. The predicted octanol–water partition coefficient (Wildman–Crippen LogP) is 4.05. The molecule has 0 aliphatic carbocycles. The van der Waals surface area contributed by atoms with Crippen LogP contribution >= 0.6 is 15.9 Å². The van der Waals surface area contributed by atoms with E-state index in [2.05, 4.69) is 15.9 Å². The number of benzene rings is 2. The maximum atomic E-state index is 13.6. The fraction of sp³-hybridized carbons (Fsp3) is 0.0769. The minimum atomic E-state index is -1.12. The van der Waals surface area contributed by atoms with Crippen molar-refractivity contribution in [1.82, 2.24) is 0 Å². The van der Waals surface area contributed by atoms with Gasteiger partial charge in [-0.3, -0.25) is 0 Å². The number of hydrogen-bond acceptors (Lipinski definition) is 1. The van der Waals surface area contributed by atoms with Crippen molar-refractivity contribution >= 4 is 15.9 Å². The zero-order chi connectivity index (χ0) is 14.2. The molecule has 2 rings (SSSR count). The summed E-state index contributed by atoms with van der Waals surface area (Å²) in [6.45, 7) is 0. The van der Waals surface area contributed by atoms with Gasteiger partial charge in [0.2, 0.25) is 0 Å². The minimum Gasteiger partial charge on any atom is -0.320 e. The molecule has 2 aromatic rings. The highest BCUT2D eigenvalue weighted by atomic mass is 79.9. The van der Waals surface area contributed by atoms with Crippen molar-refractivity contribution in [2.75, 3.05) is 0 Å². The van der Waals surface area contributed by atoms with E-state index < -0.39 is 29.3 Å². The summed E-state index contributed by atoms with van der Waals surface area (Å²) in [6, 6.07) is 3.79. The molecule has 0 heterocycles. The lowest BCUT2D eigenvalue weighted by Gasteiger charge is -2.16. The first-order valence-corrected chi connectivity index (χ1v) is 6.05. The van der Waals surface area contributed by atoms with Crippen LogP contribution in [0.3, 0.4) is 0 Å². The quantitative estimate of drug-likeness (QED) is 0.651. The molecule has 1 nitrogen and oxygen atoms in total. The van der Waals surface area contributed by atoms with Crippen LogP contribution in [0.25, 0.3) is 0 Å². The monoisotopic (exact) mass is 333 g/mol. The van der Waals surface area contributed by atoms with Crippen molar-refractivity contribution in [1.29, 1.82) is 0 Å². The van der Waals surface area contributed by atoms with Gasteiger partial charge >= 0.3 is 0 Å². The summed E-state index contributed by atoms with van der Waals surface area (Å²) in [5, 5.41) is 0. The van der Waals surface area contributed by atoms with Crippen molar-refractivity contribution in [3.05, 3.63) is 69.2 Å². The SMILES string of the molecule is NC(c1cc(F)ccc1F)c1ccc(F)c(F)c1Br. The Morgan fingerprint density at radius 1 is 0.895 bits per heavy atom. The lowest BCUT2D eigenvalue weighted by atomic mass is 9.99. The summed E-state index contributed by atoms with van der Waals surface area (Å²) in [7, 11) is 0. The second-order valence-electron chi connectivity index (χ2n) is 3.91.